The van der Waals surface area contributed by atoms with Crippen molar-refractivity contribution in [3.05, 3.63) is 46.8 Å². The Kier molecular flexibility index (Phi) is 2.78. The number of nitrogens with zero attached hydrogens (tertiary/aromatic N) is 2. The molecular weight excluding hydrogens is 258 g/mol. The van der Waals surface area contributed by atoms with Gasteiger partial charge in [-0.3, -0.25) is 9.89 Å². The average molecular weight is 271 g/mol. The van der Waals surface area contributed by atoms with E-state index in [9.17, 15) is 9.59 Å². The number of hydrogen-bond acceptors (Lipinski definition) is 3. The first kappa shape index (κ1) is 12.4. The average Bonchev–Trinajstić information content (AvgIpc) is 3.03. The summed E-state index contributed by atoms with van der Waals surface area (Å²) in [5.74, 6) is -1.07. The minimum atomic E-state index is -0.955. The maximum absolute atomic E-state index is 12.5. The lowest BCUT2D eigenvalue weighted by Gasteiger charge is -2.17. The van der Waals surface area contributed by atoms with Crippen molar-refractivity contribution < 1.29 is 14.7 Å². The van der Waals surface area contributed by atoms with Gasteiger partial charge < -0.3 is 10.0 Å². The Morgan fingerprint density at radius 2 is 2.20 bits per heavy atom. The second-order valence-corrected chi connectivity index (χ2v) is 4.76. The van der Waals surface area contributed by atoms with Crippen LogP contribution in [0.15, 0.2) is 24.4 Å². The van der Waals surface area contributed by atoms with Gasteiger partial charge in [0.2, 0.25) is 0 Å². The number of fused-ring (bicyclic) bond motifs is 1. The minimum absolute atomic E-state index is 0.113. The van der Waals surface area contributed by atoms with Crippen LogP contribution in [0.2, 0.25) is 0 Å². The third-order valence-corrected chi connectivity index (χ3v) is 3.53. The molecule has 1 aliphatic heterocycles. The van der Waals surface area contributed by atoms with E-state index in [1.165, 1.54) is 12.3 Å². The molecule has 1 aromatic heterocycles. The van der Waals surface area contributed by atoms with Crippen molar-refractivity contribution in [2.45, 2.75) is 13.3 Å². The van der Waals surface area contributed by atoms with Gasteiger partial charge >= 0.3 is 5.97 Å². The monoisotopic (exact) mass is 271 g/mol. The molecule has 0 saturated heterocycles. The number of nitrogens with one attached hydrogen (secondary N) is 1. The van der Waals surface area contributed by atoms with Gasteiger partial charge in [0.25, 0.3) is 5.91 Å². The van der Waals surface area contributed by atoms with Gasteiger partial charge in [0, 0.05) is 17.9 Å². The van der Waals surface area contributed by atoms with Crippen molar-refractivity contribution in [2.75, 3.05) is 11.4 Å². The molecule has 0 unspecified atom stereocenters. The van der Waals surface area contributed by atoms with E-state index in [2.05, 4.69) is 10.2 Å². The molecule has 6 nitrogen and oxygen atoms in total. The van der Waals surface area contributed by atoms with E-state index in [1.54, 1.807) is 24.0 Å². The van der Waals surface area contributed by atoms with Crippen LogP contribution in [0.25, 0.3) is 0 Å². The molecule has 0 radical (unpaired) electrons. The number of carboxylic acid groups (broad SMARTS) is 1. The molecule has 0 aliphatic carbocycles. The Labute approximate surface area is 115 Å². The number of amides is 1. The Bertz CT molecular complexity index is 705. The van der Waals surface area contributed by atoms with E-state index in [4.69, 9.17) is 5.11 Å². The molecule has 2 aromatic rings. The summed E-state index contributed by atoms with van der Waals surface area (Å²) in [6, 6.07) is 4.85. The third-order valence-electron chi connectivity index (χ3n) is 3.53. The highest BCUT2D eigenvalue weighted by Gasteiger charge is 2.27. The molecule has 3 rings (SSSR count). The number of carbonyl (C=O) groups is 2. The van der Waals surface area contributed by atoms with Gasteiger partial charge in [0.05, 0.1) is 17.3 Å². The van der Waals surface area contributed by atoms with Crippen LogP contribution in [0.4, 0.5) is 5.69 Å². The number of carboxylic acids is 1. The van der Waals surface area contributed by atoms with Crippen LogP contribution in [0, 0.1) is 6.92 Å². The Hall–Kier alpha value is -2.63. The zero-order valence-electron chi connectivity index (χ0n) is 10.9. The smallest absolute Gasteiger partial charge is 0.335 e. The van der Waals surface area contributed by atoms with Gasteiger partial charge in [-0.25, -0.2) is 4.79 Å². The van der Waals surface area contributed by atoms with Crippen LogP contribution in [0.5, 0.6) is 0 Å². The Balaban J connectivity index is 1.96. The number of H-pyrrole nitrogens is 1. The zero-order chi connectivity index (χ0) is 14.3. The Morgan fingerprint density at radius 3 is 2.85 bits per heavy atom. The van der Waals surface area contributed by atoms with Crippen LogP contribution in [0.1, 0.15) is 32.0 Å². The molecule has 0 saturated carbocycles. The predicted molar refractivity (Wildman–Crippen MR) is 72.1 cm³/mol. The van der Waals surface area contributed by atoms with Gasteiger partial charge in [-0.2, -0.15) is 5.10 Å². The summed E-state index contributed by atoms with van der Waals surface area (Å²) in [5, 5.41) is 15.6. The largest absolute Gasteiger partial charge is 0.478 e. The van der Waals surface area contributed by atoms with Gasteiger partial charge in [-0.15, -0.1) is 0 Å². The van der Waals surface area contributed by atoms with Gasteiger partial charge in [-0.1, -0.05) is 0 Å². The number of benzene rings is 1. The van der Waals surface area contributed by atoms with E-state index < -0.39 is 5.97 Å². The highest BCUT2D eigenvalue weighted by molar-refractivity contribution is 6.08. The fourth-order valence-corrected chi connectivity index (χ4v) is 2.46. The Morgan fingerprint density at radius 1 is 1.40 bits per heavy atom. The third kappa shape index (κ3) is 1.85. The van der Waals surface area contributed by atoms with Crippen molar-refractivity contribution in [1.29, 1.82) is 0 Å². The molecule has 1 amide bonds. The summed E-state index contributed by atoms with van der Waals surface area (Å²) in [4.78, 5) is 25.1. The van der Waals surface area contributed by atoms with E-state index in [1.807, 2.05) is 0 Å². The number of aromatic amines is 1. The molecule has 0 fully saturated rings. The first-order chi connectivity index (χ1) is 9.58. The predicted octanol–water partition coefficient (Wildman–Crippen LogP) is 1.62. The standard InChI is InChI=1S/C14H13N3O3/c1-8-11(7-15-16-8)13(18)17-5-4-9-6-10(14(19)20)2-3-12(9)17/h2-3,6-7H,4-5H2,1H3,(H,15,16)(H,19,20). The number of carbonyl (C=O) groups excluding carboxylic acids is 1. The number of aryl methyl sites for hydroxylation is 1. The fraction of sp³-hybridized carbons (Fsp3) is 0.214. The highest BCUT2D eigenvalue weighted by Crippen LogP contribution is 2.30. The summed E-state index contributed by atoms with van der Waals surface area (Å²) in [6.07, 6.45) is 2.18. The number of anilines is 1. The molecule has 20 heavy (non-hydrogen) atoms. The second-order valence-electron chi connectivity index (χ2n) is 4.76. The number of hydrogen-bond donors (Lipinski definition) is 2. The van der Waals surface area contributed by atoms with Crippen molar-refractivity contribution >= 4 is 17.6 Å². The molecule has 2 N–H and O–H groups in total. The van der Waals surface area contributed by atoms with Crippen molar-refractivity contribution in [3.63, 3.8) is 0 Å². The van der Waals surface area contributed by atoms with E-state index >= 15 is 0 Å². The summed E-state index contributed by atoms with van der Waals surface area (Å²) < 4.78 is 0. The maximum Gasteiger partial charge on any atom is 0.335 e. The van der Waals surface area contributed by atoms with Gasteiger partial charge in [0.15, 0.2) is 0 Å². The molecule has 2 heterocycles. The molecule has 0 bridgehead atoms. The van der Waals surface area contributed by atoms with Gasteiger partial charge in [-0.05, 0) is 37.1 Å². The van der Waals surface area contributed by atoms with E-state index in [0.717, 1.165) is 16.9 Å². The molecule has 102 valence electrons. The lowest BCUT2D eigenvalue weighted by Crippen LogP contribution is -2.29. The van der Waals surface area contributed by atoms with Crippen LogP contribution < -0.4 is 4.90 Å². The minimum Gasteiger partial charge on any atom is -0.478 e. The first-order valence-electron chi connectivity index (χ1n) is 6.26. The van der Waals surface area contributed by atoms with Crippen molar-refractivity contribution in [2.24, 2.45) is 0 Å². The van der Waals surface area contributed by atoms with Crippen LogP contribution in [0.3, 0.4) is 0 Å². The lowest BCUT2D eigenvalue weighted by atomic mass is 10.1. The summed E-state index contributed by atoms with van der Waals surface area (Å²) in [5.41, 5.74) is 3.18. The van der Waals surface area contributed by atoms with Gasteiger partial charge in [0.1, 0.15) is 0 Å². The van der Waals surface area contributed by atoms with Crippen LogP contribution in [-0.4, -0.2) is 33.7 Å². The maximum atomic E-state index is 12.5. The van der Waals surface area contributed by atoms with Crippen molar-refractivity contribution in [3.8, 4) is 0 Å². The molecular formula is C14H13N3O3. The van der Waals surface area contributed by atoms with E-state index in [0.29, 0.717) is 18.5 Å². The van der Waals surface area contributed by atoms with Crippen LogP contribution in [-0.2, 0) is 6.42 Å². The molecule has 0 spiro atoms. The number of aromatic carboxylic acids is 1. The van der Waals surface area contributed by atoms with Crippen molar-refractivity contribution in [1.82, 2.24) is 10.2 Å². The molecule has 1 aromatic carbocycles. The van der Waals surface area contributed by atoms with Crippen LogP contribution >= 0.6 is 0 Å². The SMILES string of the molecule is Cc1[nH]ncc1C(=O)N1CCc2cc(C(=O)O)ccc21. The highest BCUT2D eigenvalue weighted by atomic mass is 16.4. The topological polar surface area (TPSA) is 86.3 Å². The normalized spacial score (nSPS) is 13.3. The molecule has 6 heteroatoms. The number of rotatable bonds is 2. The number of aromatic nitrogens is 2. The summed E-state index contributed by atoms with van der Waals surface area (Å²) >= 11 is 0. The molecule has 0 atom stereocenters. The van der Waals surface area contributed by atoms with E-state index in [-0.39, 0.29) is 11.5 Å². The quantitative estimate of drug-likeness (QED) is 0.869. The fourth-order valence-electron chi connectivity index (χ4n) is 2.46. The zero-order valence-corrected chi connectivity index (χ0v) is 10.9. The first-order valence-corrected chi connectivity index (χ1v) is 6.26. The lowest BCUT2D eigenvalue weighted by molar-refractivity contribution is 0.0696. The summed E-state index contributed by atoms with van der Waals surface area (Å²) in [7, 11) is 0. The molecule has 1 aliphatic rings. The summed E-state index contributed by atoms with van der Waals surface area (Å²) in [6.45, 7) is 2.35. The second kappa shape index (κ2) is 4.48.